The molecule has 0 aromatic heterocycles. The first-order valence-corrected chi connectivity index (χ1v) is 13.5. The first-order valence-electron chi connectivity index (χ1n) is 12.4. The van der Waals surface area contributed by atoms with E-state index in [4.69, 9.17) is 21.1 Å². The Bertz CT molecular complexity index is 1070. The molecule has 6 heteroatoms. The molecule has 2 aromatic rings. The molecule has 4 atom stereocenters. The molecule has 2 unspecified atom stereocenters. The highest BCUT2D eigenvalue weighted by Crippen LogP contribution is 2.66. The Hall–Kier alpha value is -1.30. The van der Waals surface area contributed by atoms with Gasteiger partial charge in [0.1, 0.15) is 12.4 Å². The van der Waals surface area contributed by atoms with Crippen molar-refractivity contribution in [2.24, 2.45) is 16.7 Å². The first kappa shape index (κ1) is 24.4. The minimum absolute atomic E-state index is 0.233. The van der Waals surface area contributed by atoms with E-state index in [2.05, 4.69) is 47.2 Å². The van der Waals surface area contributed by atoms with Crippen LogP contribution in [0.2, 0.25) is 5.02 Å². The van der Waals surface area contributed by atoms with Crippen molar-refractivity contribution in [3.8, 4) is 11.5 Å². The second kappa shape index (κ2) is 8.97. The summed E-state index contributed by atoms with van der Waals surface area (Å²) < 4.78 is 26.3. The van der Waals surface area contributed by atoms with Crippen molar-refractivity contribution in [2.45, 2.75) is 78.0 Å². The van der Waals surface area contributed by atoms with E-state index >= 15 is 0 Å². The number of ether oxygens (including phenoxy) is 2. The van der Waals surface area contributed by atoms with Crippen molar-refractivity contribution in [2.75, 3.05) is 6.61 Å². The molecule has 2 aromatic carbocycles. The maximum Gasteiger partial charge on any atom is 0.175 e. The summed E-state index contributed by atoms with van der Waals surface area (Å²) in [5, 5.41) is 4.36. The zero-order valence-electron chi connectivity index (χ0n) is 20.3. The fraction of sp³-hybridized carbons (Fsp3) is 0.571. The van der Waals surface area contributed by atoms with Gasteiger partial charge in [-0.05, 0) is 108 Å². The number of rotatable bonds is 8. The molecule has 34 heavy (non-hydrogen) atoms. The molecular weight excluding hydrogens is 517 g/mol. The highest BCUT2D eigenvalue weighted by molar-refractivity contribution is 9.10. The molecule has 4 aliphatic rings. The van der Waals surface area contributed by atoms with Crippen LogP contribution in [0.3, 0.4) is 0 Å². The second-order valence-electron chi connectivity index (χ2n) is 11.6. The van der Waals surface area contributed by atoms with Gasteiger partial charge in [0.2, 0.25) is 0 Å². The molecule has 4 fully saturated rings. The molecular formula is C28H34BrClFNO2. The highest BCUT2D eigenvalue weighted by atomic mass is 79.9. The summed E-state index contributed by atoms with van der Waals surface area (Å²) in [6.45, 7) is 8.57. The molecule has 0 heterocycles. The number of hydrogen-bond acceptors (Lipinski definition) is 3. The van der Waals surface area contributed by atoms with E-state index in [1.165, 1.54) is 56.2 Å². The van der Waals surface area contributed by atoms with Crippen LogP contribution in [-0.2, 0) is 13.2 Å². The number of halogens is 3. The summed E-state index contributed by atoms with van der Waals surface area (Å²) in [5.41, 5.74) is 3.12. The minimum Gasteiger partial charge on any atom is -0.490 e. The minimum atomic E-state index is -0.358. The lowest BCUT2D eigenvalue weighted by Gasteiger charge is -2.65. The Morgan fingerprint density at radius 2 is 1.79 bits per heavy atom. The normalized spacial score (nSPS) is 31.6. The standard InChI is InChI=1S/C28H34BrClFNO2/c1-4-33-24-8-18(7-22(29)25(24)34-14-20-5-6-21(31)9-23(20)30)13-32-28-12-19-10-26(2,16-28)15-27(3,11-19)17-28/h5-9,19,32H,4,10-17H2,1-3H3/t19?,26-,27+,28?. The Labute approximate surface area is 215 Å². The summed E-state index contributed by atoms with van der Waals surface area (Å²) in [6, 6.07) is 8.53. The molecule has 3 nitrogen and oxygen atoms in total. The van der Waals surface area contributed by atoms with Gasteiger partial charge in [0.05, 0.1) is 16.1 Å². The average molecular weight is 551 g/mol. The topological polar surface area (TPSA) is 30.5 Å². The fourth-order valence-electron chi connectivity index (χ4n) is 7.85. The Morgan fingerprint density at radius 3 is 2.44 bits per heavy atom. The lowest BCUT2D eigenvalue weighted by molar-refractivity contribution is -0.118. The van der Waals surface area contributed by atoms with Gasteiger partial charge < -0.3 is 14.8 Å². The zero-order chi connectivity index (χ0) is 24.1. The summed E-state index contributed by atoms with van der Waals surface area (Å²) in [5.74, 6) is 1.85. The summed E-state index contributed by atoms with van der Waals surface area (Å²) in [4.78, 5) is 0. The van der Waals surface area contributed by atoms with Crippen molar-refractivity contribution in [3.63, 3.8) is 0 Å². The van der Waals surface area contributed by atoms with Gasteiger partial charge in [0, 0.05) is 17.6 Å². The highest BCUT2D eigenvalue weighted by Gasteiger charge is 2.59. The quantitative estimate of drug-likeness (QED) is 0.361. The summed E-state index contributed by atoms with van der Waals surface area (Å²) in [6.07, 6.45) is 8.05. The van der Waals surface area contributed by atoms with Crippen molar-refractivity contribution in [1.82, 2.24) is 5.32 Å². The van der Waals surface area contributed by atoms with E-state index in [9.17, 15) is 4.39 Å². The third-order valence-corrected chi connectivity index (χ3v) is 8.99. The van der Waals surface area contributed by atoms with E-state index < -0.39 is 0 Å². The lowest BCUT2D eigenvalue weighted by atomic mass is 9.43. The molecule has 0 spiro atoms. The van der Waals surface area contributed by atoms with Crippen molar-refractivity contribution < 1.29 is 13.9 Å². The van der Waals surface area contributed by atoms with E-state index in [0.29, 0.717) is 34.0 Å². The zero-order valence-corrected chi connectivity index (χ0v) is 22.6. The number of nitrogens with one attached hydrogen (secondary N) is 1. The third kappa shape index (κ3) is 4.85. The molecule has 4 saturated carbocycles. The molecule has 4 bridgehead atoms. The van der Waals surface area contributed by atoms with Gasteiger partial charge in [-0.15, -0.1) is 0 Å². The van der Waals surface area contributed by atoms with E-state index in [0.717, 1.165) is 22.5 Å². The van der Waals surface area contributed by atoms with Gasteiger partial charge in [-0.3, -0.25) is 0 Å². The maximum absolute atomic E-state index is 13.4. The lowest BCUT2D eigenvalue weighted by Crippen LogP contribution is -2.63. The monoisotopic (exact) mass is 549 g/mol. The van der Waals surface area contributed by atoms with Gasteiger partial charge in [-0.25, -0.2) is 4.39 Å². The van der Waals surface area contributed by atoms with Crippen LogP contribution in [0.25, 0.3) is 0 Å². The van der Waals surface area contributed by atoms with Crippen molar-refractivity contribution >= 4 is 27.5 Å². The SMILES string of the molecule is CCOc1cc(CNC23CC4C[C@@](C)(C2)C[C@](C)(C4)C3)cc(Br)c1OCc1ccc(F)cc1Cl. The van der Waals surface area contributed by atoms with Gasteiger partial charge in [-0.1, -0.05) is 31.5 Å². The van der Waals surface area contributed by atoms with Crippen LogP contribution in [0.4, 0.5) is 4.39 Å². The molecule has 0 saturated heterocycles. The van der Waals surface area contributed by atoms with Crippen LogP contribution < -0.4 is 14.8 Å². The van der Waals surface area contributed by atoms with Crippen LogP contribution in [0.5, 0.6) is 11.5 Å². The molecule has 184 valence electrons. The van der Waals surface area contributed by atoms with Crippen LogP contribution in [0.1, 0.15) is 70.4 Å². The Kier molecular flexibility index (Phi) is 6.44. The van der Waals surface area contributed by atoms with E-state index in [1.807, 2.05) is 6.92 Å². The van der Waals surface area contributed by atoms with Crippen LogP contribution in [0.15, 0.2) is 34.8 Å². The Balaban J connectivity index is 1.32. The smallest absolute Gasteiger partial charge is 0.175 e. The van der Waals surface area contributed by atoms with Crippen LogP contribution in [0, 0.1) is 22.6 Å². The van der Waals surface area contributed by atoms with Crippen LogP contribution in [-0.4, -0.2) is 12.1 Å². The largest absolute Gasteiger partial charge is 0.490 e. The molecule has 4 aliphatic carbocycles. The summed E-state index contributed by atoms with van der Waals surface area (Å²) >= 11 is 9.88. The first-order chi connectivity index (χ1) is 16.1. The molecule has 0 aliphatic heterocycles. The van der Waals surface area contributed by atoms with E-state index in [-0.39, 0.29) is 18.0 Å². The second-order valence-corrected chi connectivity index (χ2v) is 12.9. The molecule has 1 N–H and O–H groups in total. The van der Waals surface area contributed by atoms with Gasteiger partial charge in [0.15, 0.2) is 11.5 Å². The molecule has 0 radical (unpaired) electrons. The maximum atomic E-state index is 13.4. The molecule has 0 amide bonds. The predicted octanol–water partition coefficient (Wildman–Crippen LogP) is 8.06. The number of hydrogen-bond donors (Lipinski definition) is 1. The Morgan fingerprint density at radius 1 is 1.06 bits per heavy atom. The third-order valence-electron chi connectivity index (χ3n) is 8.05. The van der Waals surface area contributed by atoms with Crippen LogP contribution >= 0.6 is 27.5 Å². The van der Waals surface area contributed by atoms with Crippen molar-refractivity contribution in [3.05, 3.63) is 56.8 Å². The predicted molar refractivity (Wildman–Crippen MR) is 138 cm³/mol. The average Bonchev–Trinajstić information content (AvgIpc) is 2.70. The van der Waals surface area contributed by atoms with E-state index in [1.54, 1.807) is 6.07 Å². The van der Waals surface area contributed by atoms with Gasteiger partial charge >= 0.3 is 0 Å². The van der Waals surface area contributed by atoms with Crippen molar-refractivity contribution in [1.29, 1.82) is 0 Å². The summed E-state index contributed by atoms with van der Waals surface area (Å²) in [7, 11) is 0. The fourth-order valence-corrected chi connectivity index (χ4v) is 8.68. The number of benzene rings is 2. The molecule has 6 rings (SSSR count). The van der Waals surface area contributed by atoms with Gasteiger partial charge in [-0.2, -0.15) is 0 Å². The van der Waals surface area contributed by atoms with Gasteiger partial charge in [0.25, 0.3) is 0 Å².